The third-order valence-corrected chi connectivity index (χ3v) is 3.55. The molecule has 0 unspecified atom stereocenters. The lowest BCUT2D eigenvalue weighted by molar-refractivity contribution is -0.125. The lowest BCUT2D eigenvalue weighted by Gasteiger charge is -2.17. The van der Waals surface area contributed by atoms with Crippen LogP contribution in [0.3, 0.4) is 0 Å². The largest absolute Gasteiger partial charge is 0.478 e. The number of carbonyl (C=O) groups is 2. The van der Waals surface area contributed by atoms with Crippen molar-refractivity contribution < 1.29 is 14.7 Å². The molecule has 0 spiro atoms. The van der Waals surface area contributed by atoms with Gasteiger partial charge in [0.2, 0.25) is 5.91 Å². The minimum Gasteiger partial charge on any atom is -0.478 e. The van der Waals surface area contributed by atoms with Crippen molar-refractivity contribution in [3.63, 3.8) is 0 Å². The number of rotatable bonds is 5. The molecule has 0 bridgehead atoms. The molecule has 20 heavy (non-hydrogen) atoms. The SMILES string of the molecule is O=C(O)c1ccc(CCNC(=O)[C@H]2CC=CCC2)cc1. The molecule has 1 aliphatic carbocycles. The van der Waals surface area contributed by atoms with Crippen molar-refractivity contribution in [2.75, 3.05) is 6.54 Å². The van der Waals surface area contributed by atoms with Crippen LogP contribution in [-0.4, -0.2) is 23.5 Å². The van der Waals surface area contributed by atoms with Gasteiger partial charge in [0.25, 0.3) is 0 Å². The first-order valence-corrected chi connectivity index (χ1v) is 6.92. The lowest BCUT2D eigenvalue weighted by atomic mass is 9.93. The van der Waals surface area contributed by atoms with Crippen LogP contribution >= 0.6 is 0 Å². The van der Waals surface area contributed by atoms with E-state index in [0.717, 1.165) is 24.8 Å². The van der Waals surface area contributed by atoms with Crippen molar-refractivity contribution in [3.05, 3.63) is 47.5 Å². The van der Waals surface area contributed by atoms with Crippen LogP contribution in [0.25, 0.3) is 0 Å². The smallest absolute Gasteiger partial charge is 0.335 e. The monoisotopic (exact) mass is 273 g/mol. The molecule has 1 aromatic rings. The van der Waals surface area contributed by atoms with Crippen molar-refractivity contribution in [2.45, 2.75) is 25.7 Å². The maximum Gasteiger partial charge on any atom is 0.335 e. The summed E-state index contributed by atoms with van der Waals surface area (Å²) in [5, 5.41) is 11.8. The first kappa shape index (κ1) is 14.3. The summed E-state index contributed by atoms with van der Waals surface area (Å²) in [7, 11) is 0. The Morgan fingerprint density at radius 1 is 1.20 bits per heavy atom. The Balaban J connectivity index is 1.76. The first-order chi connectivity index (χ1) is 9.66. The zero-order valence-corrected chi connectivity index (χ0v) is 11.3. The number of benzene rings is 1. The van der Waals surface area contributed by atoms with Crippen LogP contribution in [0.1, 0.15) is 35.2 Å². The van der Waals surface area contributed by atoms with Gasteiger partial charge >= 0.3 is 5.97 Å². The minimum absolute atomic E-state index is 0.106. The summed E-state index contributed by atoms with van der Waals surface area (Å²) in [5.74, 6) is -0.693. The Kier molecular flexibility index (Phi) is 4.93. The summed E-state index contributed by atoms with van der Waals surface area (Å²) in [4.78, 5) is 22.6. The molecular weight excluding hydrogens is 254 g/mol. The molecule has 1 aromatic carbocycles. The highest BCUT2D eigenvalue weighted by Gasteiger charge is 2.17. The Hall–Kier alpha value is -2.10. The molecule has 1 atom stereocenters. The molecule has 1 amide bonds. The summed E-state index contributed by atoms with van der Waals surface area (Å²) in [6, 6.07) is 6.76. The quantitative estimate of drug-likeness (QED) is 0.810. The number of aromatic carboxylic acids is 1. The molecule has 0 aliphatic heterocycles. The van der Waals surface area contributed by atoms with Crippen LogP contribution in [-0.2, 0) is 11.2 Å². The third-order valence-electron chi connectivity index (χ3n) is 3.55. The van der Waals surface area contributed by atoms with Crippen LogP contribution in [0.4, 0.5) is 0 Å². The van der Waals surface area contributed by atoms with E-state index in [4.69, 9.17) is 5.11 Å². The second-order valence-electron chi connectivity index (χ2n) is 5.02. The summed E-state index contributed by atoms with van der Waals surface area (Å²) >= 11 is 0. The van der Waals surface area contributed by atoms with Crippen LogP contribution in [0.5, 0.6) is 0 Å². The maximum atomic E-state index is 11.9. The van der Waals surface area contributed by atoms with E-state index in [1.165, 1.54) is 0 Å². The number of carbonyl (C=O) groups excluding carboxylic acids is 1. The number of nitrogens with one attached hydrogen (secondary N) is 1. The number of hydrogen-bond donors (Lipinski definition) is 2. The summed E-state index contributed by atoms with van der Waals surface area (Å²) in [5.41, 5.74) is 1.31. The average Bonchev–Trinajstić information content (AvgIpc) is 2.48. The molecule has 2 rings (SSSR count). The molecule has 0 saturated carbocycles. The van der Waals surface area contributed by atoms with Gasteiger partial charge in [-0.15, -0.1) is 0 Å². The van der Waals surface area contributed by atoms with E-state index in [2.05, 4.69) is 17.5 Å². The Labute approximate surface area is 118 Å². The fourth-order valence-corrected chi connectivity index (χ4v) is 2.32. The van der Waals surface area contributed by atoms with E-state index < -0.39 is 5.97 Å². The van der Waals surface area contributed by atoms with Gasteiger partial charge in [-0.3, -0.25) is 4.79 Å². The van der Waals surface area contributed by atoms with E-state index >= 15 is 0 Å². The molecule has 4 heteroatoms. The van der Waals surface area contributed by atoms with Gasteiger partial charge in [-0.1, -0.05) is 24.3 Å². The fraction of sp³-hybridized carbons (Fsp3) is 0.375. The third kappa shape index (κ3) is 3.95. The van der Waals surface area contributed by atoms with Gasteiger partial charge in [0.05, 0.1) is 5.56 Å². The van der Waals surface area contributed by atoms with Gasteiger partial charge in [0, 0.05) is 12.5 Å². The van der Waals surface area contributed by atoms with Crippen LogP contribution in [0, 0.1) is 5.92 Å². The Morgan fingerprint density at radius 2 is 1.95 bits per heavy atom. The second kappa shape index (κ2) is 6.89. The predicted octanol–water partition coefficient (Wildman–Crippen LogP) is 2.40. The number of carboxylic acids is 1. The number of carboxylic acid groups (broad SMARTS) is 1. The van der Waals surface area contributed by atoms with Gasteiger partial charge in [-0.25, -0.2) is 4.79 Å². The lowest BCUT2D eigenvalue weighted by Crippen LogP contribution is -2.32. The van der Waals surface area contributed by atoms with Gasteiger partial charge < -0.3 is 10.4 Å². The number of allylic oxidation sites excluding steroid dienone is 2. The molecule has 106 valence electrons. The molecule has 0 aromatic heterocycles. The zero-order valence-electron chi connectivity index (χ0n) is 11.3. The Morgan fingerprint density at radius 3 is 2.55 bits per heavy atom. The summed E-state index contributed by atoms with van der Waals surface area (Å²) < 4.78 is 0. The van der Waals surface area contributed by atoms with Crippen LogP contribution in [0.2, 0.25) is 0 Å². The summed E-state index contributed by atoms with van der Waals surface area (Å²) in [6.45, 7) is 0.589. The van der Waals surface area contributed by atoms with E-state index in [1.54, 1.807) is 24.3 Å². The number of hydrogen-bond acceptors (Lipinski definition) is 2. The van der Waals surface area contributed by atoms with Crippen LogP contribution in [0.15, 0.2) is 36.4 Å². The first-order valence-electron chi connectivity index (χ1n) is 6.92. The highest BCUT2D eigenvalue weighted by atomic mass is 16.4. The predicted molar refractivity (Wildman–Crippen MR) is 76.6 cm³/mol. The minimum atomic E-state index is -0.921. The molecular formula is C16H19NO3. The van der Waals surface area contributed by atoms with Gasteiger partial charge in [0.15, 0.2) is 0 Å². The second-order valence-corrected chi connectivity index (χ2v) is 5.02. The molecule has 4 nitrogen and oxygen atoms in total. The molecule has 0 saturated heterocycles. The molecule has 0 heterocycles. The molecule has 2 N–H and O–H groups in total. The van der Waals surface area contributed by atoms with Gasteiger partial charge in [0.1, 0.15) is 0 Å². The average molecular weight is 273 g/mol. The molecule has 0 radical (unpaired) electrons. The van der Waals surface area contributed by atoms with Crippen molar-refractivity contribution in [1.29, 1.82) is 0 Å². The Bertz CT molecular complexity index is 505. The zero-order chi connectivity index (χ0) is 14.4. The maximum absolute atomic E-state index is 11.9. The van der Waals surface area contributed by atoms with Crippen LogP contribution < -0.4 is 5.32 Å². The topological polar surface area (TPSA) is 66.4 Å². The van der Waals surface area contributed by atoms with Crippen molar-refractivity contribution in [3.8, 4) is 0 Å². The van der Waals surface area contributed by atoms with E-state index in [0.29, 0.717) is 13.0 Å². The summed E-state index contributed by atoms with van der Waals surface area (Å²) in [6.07, 6.45) is 7.64. The van der Waals surface area contributed by atoms with Gasteiger partial charge in [-0.2, -0.15) is 0 Å². The number of amides is 1. The fourth-order valence-electron chi connectivity index (χ4n) is 2.32. The normalized spacial score (nSPS) is 17.7. The van der Waals surface area contributed by atoms with Gasteiger partial charge in [-0.05, 0) is 43.4 Å². The van der Waals surface area contributed by atoms with Crippen molar-refractivity contribution in [2.24, 2.45) is 5.92 Å². The molecule has 1 aliphatic rings. The van der Waals surface area contributed by atoms with E-state index in [1.807, 2.05) is 0 Å². The molecule has 0 fully saturated rings. The highest BCUT2D eigenvalue weighted by molar-refractivity contribution is 5.87. The highest BCUT2D eigenvalue weighted by Crippen LogP contribution is 2.17. The van der Waals surface area contributed by atoms with E-state index in [9.17, 15) is 9.59 Å². The van der Waals surface area contributed by atoms with E-state index in [-0.39, 0.29) is 17.4 Å². The standard InChI is InChI=1S/C16H19NO3/c18-15(13-4-2-1-3-5-13)17-11-10-12-6-8-14(9-7-12)16(19)20/h1-2,6-9,13H,3-5,10-11H2,(H,17,18)(H,19,20)/t13-/m0/s1. The van der Waals surface area contributed by atoms with Crippen molar-refractivity contribution in [1.82, 2.24) is 5.32 Å². The van der Waals surface area contributed by atoms with Crippen molar-refractivity contribution >= 4 is 11.9 Å².